The van der Waals surface area contributed by atoms with Crippen molar-refractivity contribution in [3.63, 3.8) is 0 Å². The summed E-state index contributed by atoms with van der Waals surface area (Å²) in [7, 11) is 0. The minimum atomic E-state index is -0.301. The molecule has 0 fully saturated rings. The fourth-order valence-electron chi connectivity index (χ4n) is 3.83. The average molecular weight is 555 g/mol. The fourth-order valence-corrected chi connectivity index (χ4v) is 3.83. The minimum absolute atomic E-state index is 0.258. The molecule has 2 amide bonds. The van der Waals surface area contributed by atoms with Crippen LogP contribution in [-0.2, 0) is 0 Å². The molecule has 4 aromatic carbocycles. The van der Waals surface area contributed by atoms with E-state index in [9.17, 15) is 9.59 Å². The lowest BCUT2D eigenvalue weighted by molar-refractivity contribution is 0.0912. The maximum atomic E-state index is 12.8. The van der Waals surface area contributed by atoms with Crippen LogP contribution >= 0.6 is 0 Å². The van der Waals surface area contributed by atoms with Crippen molar-refractivity contribution in [3.8, 4) is 23.0 Å². The number of hydrogen-bond donors (Lipinski definition) is 2. The van der Waals surface area contributed by atoms with Crippen molar-refractivity contribution in [2.24, 2.45) is 0 Å². The van der Waals surface area contributed by atoms with Crippen molar-refractivity contribution in [2.75, 3.05) is 33.0 Å². The topological polar surface area (TPSA) is 95.1 Å². The highest BCUT2D eigenvalue weighted by molar-refractivity contribution is 5.95. The van der Waals surface area contributed by atoms with E-state index in [1.54, 1.807) is 48.5 Å². The van der Waals surface area contributed by atoms with Crippen LogP contribution in [0.5, 0.6) is 23.0 Å². The maximum absolute atomic E-state index is 12.8. The zero-order valence-electron chi connectivity index (χ0n) is 23.0. The van der Waals surface area contributed by atoms with Crippen LogP contribution in [0.1, 0.15) is 27.6 Å². The summed E-state index contributed by atoms with van der Waals surface area (Å²) >= 11 is 0. The van der Waals surface area contributed by atoms with Gasteiger partial charge in [-0.3, -0.25) is 9.59 Å². The first kappa shape index (κ1) is 29.0. The van der Waals surface area contributed by atoms with Gasteiger partial charge in [-0.25, -0.2) is 0 Å². The lowest BCUT2D eigenvalue weighted by Gasteiger charge is -2.16. The highest BCUT2D eigenvalue weighted by Gasteiger charge is 2.13. The first-order valence-corrected chi connectivity index (χ1v) is 13.5. The lowest BCUT2D eigenvalue weighted by atomic mass is 10.1. The van der Waals surface area contributed by atoms with E-state index in [1.165, 1.54) is 0 Å². The molecular weight excluding hydrogens is 520 g/mol. The van der Waals surface area contributed by atoms with Gasteiger partial charge in [0.2, 0.25) is 0 Å². The number of carbonyl (C=O) groups is 2. The summed E-state index contributed by atoms with van der Waals surface area (Å²) in [6.07, 6.45) is 0. The van der Waals surface area contributed by atoms with Crippen LogP contribution in [0.4, 0.5) is 0 Å². The molecule has 8 nitrogen and oxygen atoms in total. The molecule has 4 rings (SSSR count). The average Bonchev–Trinajstić information content (AvgIpc) is 3.01. The van der Waals surface area contributed by atoms with E-state index in [0.29, 0.717) is 49.1 Å². The number of ether oxygens (including phenoxy) is 4. The summed E-state index contributed by atoms with van der Waals surface area (Å²) in [4.78, 5) is 25.5. The van der Waals surface area contributed by atoms with E-state index in [-0.39, 0.29) is 24.4 Å². The quantitative estimate of drug-likeness (QED) is 0.197. The molecule has 1 atom stereocenters. The Morgan fingerprint density at radius 2 is 0.976 bits per heavy atom. The Labute approximate surface area is 240 Å². The molecule has 0 aromatic heterocycles. The SMILES string of the molecule is CC(CNC(=O)c1cccc(OCCOc2ccccc2)c1)NC(=O)c1cccc(OCCOc2ccccc2)c1. The van der Waals surface area contributed by atoms with E-state index in [4.69, 9.17) is 18.9 Å². The Hall–Kier alpha value is -4.98. The monoisotopic (exact) mass is 554 g/mol. The predicted molar refractivity (Wildman–Crippen MR) is 157 cm³/mol. The Morgan fingerprint density at radius 3 is 1.46 bits per heavy atom. The van der Waals surface area contributed by atoms with Gasteiger partial charge in [0.05, 0.1) is 0 Å². The van der Waals surface area contributed by atoms with Crippen molar-refractivity contribution < 1.29 is 28.5 Å². The van der Waals surface area contributed by atoms with Crippen LogP contribution in [0.3, 0.4) is 0 Å². The normalized spacial score (nSPS) is 11.1. The highest BCUT2D eigenvalue weighted by Crippen LogP contribution is 2.15. The first-order valence-electron chi connectivity index (χ1n) is 13.5. The number of benzene rings is 4. The molecule has 0 saturated heterocycles. The van der Waals surface area contributed by atoms with Crippen molar-refractivity contribution in [1.29, 1.82) is 0 Å². The smallest absolute Gasteiger partial charge is 0.251 e. The molecule has 212 valence electrons. The molecule has 41 heavy (non-hydrogen) atoms. The second-order valence-corrected chi connectivity index (χ2v) is 9.16. The zero-order valence-corrected chi connectivity index (χ0v) is 23.0. The van der Waals surface area contributed by atoms with Crippen LogP contribution in [0.25, 0.3) is 0 Å². The Morgan fingerprint density at radius 1 is 0.561 bits per heavy atom. The number of rotatable bonds is 15. The third kappa shape index (κ3) is 9.93. The van der Waals surface area contributed by atoms with E-state index >= 15 is 0 Å². The Kier molecular flexibility index (Phi) is 11.0. The van der Waals surface area contributed by atoms with Crippen LogP contribution < -0.4 is 29.6 Å². The molecule has 0 saturated carbocycles. The Bertz CT molecular complexity index is 1380. The molecule has 0 heterocycles. The molecule has 1 unspecified atom stereocenters. The lowest BCUT2D eigenvalue weighted by Crippen LogP contribution is -2.41. The summed E-state index contributed by atoms with van der Waals surface area (Å²) in [5.41, 5.74) is 0.928. The number of nitrogens with one attached hydrogen (secondary N) is 2. The standard InChI is InChI=1S/C33H34N2O6/c1-25(35-33(37)27-11-9-17-31(23-27)41-21-19-39-29-14-6-3-7-15-29)24-34-32(36)26-10-8-16-30(22-26)40-20-18-38-28-12-4-2-5-13-28/h2-17,22-23,25H,18-21,24H2,1H3,(H,34,36)(H,35,37). The van der Waals surface area contributed by atoms with E-state index in [2.05, 4.69) is 10.6 Å². The predicted octanol–water partition coefficient (Wildman–Crippen LogP) is 5.15. The van der Waals surface area contributed by atoms with Gasteiger partial charge >= 0.3 is 0 Å². The molecule has 4 aromatic rings. The highest BCUT2D eigenvalue weighted by atomic mass is 16.5. The van der Waals surface area contributed by atoms with E-state index in [1.807, 2.05) is 67.6 Å². The van der Waals surface area contributed by atoms with E-state index in [0.717, 1.165) is 11.5 Å². The molecule has 0 bridgehead atoms. The minimum Gasteiger partial charge on any atom is -0.490 e. The van der Waals surface area contributed by atoms with Gasteiger partial charge in [0.25, 0.3) is 11.8 Å². The molecule has 0 aliphatic rings. The van der Waals surface area contributed by atoms with Crippen LogP contribution in [0.2, 0.25) is 0 Å². The molecule has 0 aliphatic carbocycles. The summed E-state index contributed by atoms with van der Waals surface area (Å²) in [6, 6.07) is 32.6. The van der Waals surface area contributed by atoms with Gasteiger partial charge in [-0.15, -0.1) is 0 Å². The van der Waals surface area contributed by atoms with E-state index < -0.39 is 0 Å². The van der Waals surface area contributed by atoms with Crippen LogP contribution in [-0.4, -0.2) is 50.8 Å². The number of hydrogen-bond acceptors (Lipinski definition) is 6. The van der Waals surface area contributed by atoms with Gasteiger partial charge in [0, 0.05) is 23.7 Å². The van der Waals surface area contributed by atoms with Crippen molar-refractivity contribution in [2.45, 2.75) is 13.0 Å². The number of carbonyl (C=O) groups excluding carboxylic acids is 2. The molecule has 8 heteroatoms. The second-order valence-electron chi connectivity index (χ2n) is 9.16. The first-order chi connectivity index (χ1) is 20.1. The summed E-state index contributed by atoms with van der Waals surface area (Å²) in [5.74, 6) is 2.18. The number of para-hydroxylation sites is 2. The van der Waals surface area contributed by atoms with Crippen LogP contribution in [0.15, 0.2) is 109 Å². The third-order valence-electron chi connectivity index (χ3n) is 5.87. The van der Waals surface area contributed by atoms with Crippen molar-refractivity contribution in [1.82, 2.24) is 10.6 Å². The van der Waals surface area contributed by atoms with Gasteiger partial charge in [-0.1, -0.05) is 48.5 Å². The van der Waals surface area contributed by atoms with Crippen molar-refractivity contribution >= 4 is 11.8 Å². The second kappa shape index (κ2) is 15.6. The summed E-state index contributed by atoms with van der Waals surface area (Å²) < 4.78 is 22.7. The maximum Gasteiger partial charge on any atom is 0.251 e. The van der Waals surface area contributed by atoms with Crippen molar-refractivity contribution in [3.05, 3.63) is 120 Å². The van der Waals surface area contributed by atoms with Gasteiger partial charge < -0.3 is 29.6 Å². The van der Waals surface area contributed by atoms with Gasteiger partial charge in [0.15, 0.2) is 0 Å². The van der Waals surface area contributed by atoms with Crippen LogP contribution in [0, 0.1) is 0 Å². The largest absolute Gasteiger partial charge is 0.490 e. The third-order valence-corrected chi connectivity index (χ3v) is 5.87. The van der Waals surface area contributed by atoms with Gasteiger partial charge in [-0.05, 0) is 67.6 Å². The fraction of sp³-hybridized carbons (Fsp3) is 0.212. The molecule has 0 spiro atoms. The summed E-state index contributed by atoms with van der Waals surface area (Å²) in [5, 5.41) is 5.76. The molecule has 0 aliphatic heterocycles. The number of amides is 2. The molecule has 0 radical (unpaired) electrons. The summed E-state index contributed by atoms with van der Waals surface area (Å²) in [6.45, 7) is 3.54. The van der Waals surface area contributed by atoms with Gasteiger partial charge in [-0.2, -0.15) is 0 Å². The van der Waals surface area contributed by atoms with Gasteiger partial charge in [0.1, 0.15) is 49.4 Å². The Balaban J connectivity index is 1.17. The molecule has 2 N–H and O–H groups in total. The zero-order chi connectivity index (χ0) is 28.7. The molecular formula is C33H34N2O6.